The predicted molar refractivity (Wildman–Crippen MR) is 83.5 cm³/mol. The van der Waals surface area contributed by atoms with Gasteiger partial charge in [-0.15, -0.1) is 0 Å². The molecular formula is C17H26N2O. The zero-order valence-corrected chi connectivity index (χ0v) is 12.7. The quantitative estimate of drug-likeness (QED) is 0.583. The van der Waals surface area contributed by atoms with Crippen LogP contribution in [-0.2, 0) is 12.8 Å². The Bertz CT molecular complexity index is 452. The number of carbonyl (C=O) groups excluding carboxylic acids is 1. The molecule has 2 rings (SSSR count). The number of hydrogen-bond acceptors (Lipinski definition) is 3. The average molecular weight is 274 g/mol. The smallest absolute Gasteiger partial charge is 0.176 e. The molecule has 110 valence electrons. The minimum Gasteiger partial charge on any atom is -0.308 e. The van der Waals surface area contributed by atoms with Crippen molar-refractivity contribution in [2.24, 2.45) is 0 Å². The number of nitrogens with zero attached hydrogens (tertiary/aromatic N) is 1. The van der Waals surface area contributed by atoms with Crippen LogP contribution in [0.2, 0.25) is 0 Å². The largest absolute Gasteiger partial charge is 0.308 e. The Kier molecular flexibility index (Phi) is 5.74. The van der Waals surface area contributed by atoms with E-state index in [0.717, 1.165) is 38.2 Å². The summed E-state index contributed by atoms with van der Waals surface area (Å²) in [6.45, 7) is 8.79. The van der Waals surface area contributed by atoms with Gasteiger partial charge in [-0.3, -0.25) is 4.79 Å². The van der Waals surface area contributed by atoms with Crippen molar-refractivity contribution < 1.29 is 4.79 Å². The van der Waals surface area contributed by atoms with Gasteiger partial charge in [0.15, 0.2) is 5.78 Å². The summed E-state index contributed by atoms with van der Waals surface area (Å²) in [5.41, 5.74) is 3.66. The van der Waals surface area contributed by atoms with Gasteiger partial charge in [-0.25, -0.2) is 0 Å². The standard InChI is InChI=1S/C17H26N2O/c1-3-19(4-2)11-10-18-13-17(20)16-9-8-14-6-5-7-15(14)12-16/h8-9,12,18H,3-7,10-11,13H2,1-2H3. The molecular weight excluding hydrogens is 248 g/mol. The maximum Gasteiger partial charge on any atom is 0.176 e. The van der Waals surface area contributed by atoms with Crippen LogP contribution in [0.3, 0.4) is 0 Å². The molecule has 0 saturated heterocycles. The van der Waals surface area contributed by atoms with Crippen LogP contribution in [0.4, 0.5) is 0 Å². The summed E-state index contributed by atoms with van der Waals surface area (Å²) in [7, 11) is 0. The first kappa shape index (κ1) is 15.2. The highest BCUT2D eigenvalue weighted by molar-refractivity contribution is 5.97. The average Bonchev–Trinajstić information content (AvgIpc) is 2.94. The third-order valence-electron chi connectivity index (χ3n) is 4.21. The third kappa shape index (κ3) is 3.90. The number of aryl methyl sites for hydroxylation is 2. The first-order chi connectivity index (χ1) is 9.74. The van der Waals surface area contributed by atoms with Crippen LogP contribution in [-0.4, -0.2) is 43.4 Å². The molecule has 0 unspecified atom stereocenters. The van der Waals surface area contributed by atoms with Crippen LogP contribution in [0.1, 0.15) is 41.8 Å². The second-order valence-corrected chi connectivity index (χ2v) is 5.46. The molecule has 0 fully saturated rings. The number of rotatable bonds is 8. The molecule has 3 heteroatoms. The Hall–Kier alpha value is -1.19. The SMILES string of the molecule is CCN(CC)CCNCC(=O)c1ccc2c(c1)CCC2. The van der Waals surface area contributed by atoms with E-state index in [0.29, 0.717) is 6.54 Å². The zero-order chi connectivity index (χ0) is 14.4. The number of benzene rings is 1. The summed E-state index contributed by atoms with van der Waals surface area (Å²) in [6.07, 6.45) is 3.53. The number of carbonyl (C=O) groups is 1. The molecule has 0 heterocycles. The van der Waals surface area contributed by atoms with Crippen LogP contribution in [0.5, 0.6) is 0 Å². The van der Waals surface area contributed by atoms with Crippen molar-refractivity contribution in [1.82, 2.24) is 10.2 Å². The van der Waals surface area contributed by atoms with Crippen LogP contribution in [0.15, 0.2) is 18.2 Å². The van der Waals surface area contributed by atoms with E-state index in [1.165, 1.54) is 24.0 Å². The van der Waals surface area contributed by atoms with Gasteiger partial charge in [0, 0.05) is 18.7 Å². The second kappa shape index (κ2) is 7.55. The molecule has 0 spiro atoms. The van der Waals surface area contributed by atoms with E-state index >= 15 is 0 Å². The molecule has 0 amide bonds. The molecule has 0 saturated carbocycles. The van der Waals surface area contributed by atoms with Crippen molar-refractivity contribution in [3.63, 3.8) is 0 Å². The topological polar surface area (TPSA) is 32.3 Å². The lowest BCUT2D eigenvalue weighted by Crippen LogP contribution is -2.34. The summed E-state index contributed by atoms with van der Waals surface area (Å²) < 4.78 is 0. The first-order valence-corrected chi connectivity index (χ1v) is 7.82. The van der Waals surface area contributed by atoms with E-state index < -0.39 is 0 Å². The molecule has 1 N–H and O–H groups in total. The highest BCUT2D eigenvalue weighted by Crippen LogP contribution is 2.22. The molecule has 0 aromatic heterocycles. The van der Waals surface area contributed by atoms with Crippen LogP contribution >= 0.6 is 0 Å². The van der Waals surface area contributed by atoms with Crippen molar-refractivity contribution in [3.8, 4) is 0 Å². The van der Waals surface area contributed by atoms with Gasteiger partial charge in [0.25, 0.3) is 0 Å². The Morgan fingerprint density at radius 2 is 1.95 bits per heavy atom. The zero-order valence-electron chi connectivity index (χ0n) is 12.7. The van der Waals surface area contributed by atoms with E-state index in [1.54, 1.807) is 0 Å². The molecule has 0 atom stereocenters. The van der Waals surface area contributed by atoms with Crippen LogP contribution in [0.25, 0.3) is 0 Å². The number of likely N-dealkylation sites (N-methyl/N-ethyl adjacent to an activating group) is 1. The lowest BCUT2D eigenvalue weighted by atomic mass is 10.0. The monoisotopic (exact) mass is 274 g/mol. The number of nitrogens with one attached hydrogen (secondary N) is 1. The predicted octanol–water partition coefficient (Wildman–Crippen LogP) is 2.29. The summed E-state index contributed by atoms with van der Waals surface area (Å²) in [5.74, 6) is 0.208. The fourth-order valence-electron chi connectivity index (χ4n) is 2.83. The molecule has 0 radical (unpaired) electrons. The number of fused-ring (bicyclic) bond motifs is 1. The molecule has 1 aromatic rings. The maximum atomic E-state index is 12.2. The summed E-state index contributed by atoms with van der Waals surface area (Å²) >= 11 is 0. The Labute approximate surface area is 122 Å². The van der Waals surface area contributed by atoms with Crippen LogP contribution in [0, 0.1) is 0 Å². The van der Waals surface area contributed by atoms with Gasteiger partial charge in [0.2, 0.25) is 0 Å². The van der Waals surface area contributed by atoms with Crippen molar-refractivity contribution in [2.75, 3.05) is 32.7 Å². The van der Waals surface area contributed by atoms with E-state index in [2.05, 4.69) is 36.2 Å². The van der Waals surface area contributed by atoms with Gasteiger partial charge in [-0.2, -0.15) is 0 Å². The number of ketones is 1. The van der Waals surface area contributed by atoms with Crippen molar-refractivity contribution in [1.29, 1.82) is 0 Å². The molecule has 3 nitrogen and oxygen atoms in total. The maximum absolute atomic E-state index is 12.2. The minimum absolute atomic E-state index is 0.208. The second-order valence-electron chi connectivity index (χ2n) is 5.46. The van der Waals surface area contributed by atoms with E-state index in [9.17, 15) is 4.79 Å². The molecule has 0 bridgehead atoms. The van der Waals surface area contributed by atoms with Gasteiger partial charge in [-0.1, -0.05) is 26.0 Å². The molecule has 20 heavy (non-hydrogen) atoms. The van der Waals surface area contributed by atoms with Crippen molar-refractivity contribution in [2.45, 2.75) is 33.1 Å². The van der Waals surface area contributed by atoms with Crippen molar-refractivity contribution >= 4 is 5.78 Å². The Balaban J connectivity index is 1.77. The van der Waals surface area contributed by atoms with Gasteiger partial charge in [-0.05, 0) is 49.5 Å². The lowest BCUT2D eigenvalue weighted by Gasteiger charge is -2.17. The molecule has 1 aromatic carbocycles. The van der Waals surface area contributed by atoms with Gasteiger partial charge >= 0.3 is 0 Å². The fourth-order valence-corrected chi connectivity index (χ4v) is 2.83. The van der Waals surface area contributed by atoms with Crippen LogP contribution < -0.4 is 5.32 Å². The normalized spacial score (nSPS) is 13.8. The van der Waals surface area contributed by atoms with E-state index in [-0.39, 0.29) is 5.78 Å². The van der Waals surface area contributed by atoms with Gasteiger partial charge < -0.3 is 10.2 Å². The number of hydrogen-bond donors (Lipinski definition) is 1. The Morgan fingerprint density at radius 3 is 2.70 bits per heavy atom. The first-order valence-electron chi connectivity index (χ1n) is 7.82. The number of Topliss-reactive ketones (excluding diaryl/α,β-unsaturated/α-hetero) is 1. The molecule has 1 aliphatic rings. The summed E-state index contributed by atoms with van der Waals surface area (Å²) in [4.78, 5) is 14.5. The van der Waals surface area contributed by atoms with E-state index in [4.69, 9.17) is 0 Å². The summed E-state index contributed by atoms with van der Waals surface area (Å²) in [6, 6.07) is 6.21. The third-order valence-corrected chi connectivity index (χ3v) is 4.21. The Morgan fingerprint density at radius 1 is 1.20 bits per heavy atom. The highest BCUT2D eigenvalue weighted by atomic mass is 16.1. The molecule has 1 aliphatic carbocycles. The van der Waals surface area contributed by atoms with Gasteiger partial charge in [0.1, 0.15) is 0 Å². The molecule has 0 aliphatic heterocycles. The fraction of sp³-hybridized carbons (Fsp3) is 0.588. The van der Waals surface area contributed by atoms with Gasteiger partial charge in [0.05, 0.1) is 6.54 Å². The summed E-state index contributed by atoms with van der Waals surface area (Å²) in [5, 5.41) is 3.26. The van der Waals surface area contributed by atoms with E-state index in [1.807, 2.05) is 6.07 Å². The minimum atomic E-state index is 0.208. The van der Waals surface area contributed by atoms with Crippen molar-refractivity contribution in [3.05, 3.63) is 34.9 Å². The lowest BCUT2D eigenvalue weighted by molar-refractivity contribution is 0.0990. The highest BCUT2D eigenvalue weighted by Gasteiger charge is 2.13.